The smallest absolute Gasteiger partial charge is 0.338 e. The number of carbonyl (C=O) groups excluding carboxylic acids is 4. The largest absolute Gasteiger partial charge is 0.467 e. The second kappa shape index (κ2) is 8.08. The highest BCUT2D eigenvalue weighted by Gasteiger charge is 2.36. The van der Waals surface area contributed by atoms with E-state index in [1.165, 1.54) is 24.5 Å². The second-order valence-corrected chi connectivity index (χ2v) is 6.49. The highest BCUT2D eigenvalue weighted by Crippen LogP contribution is 2.26. The van der Waals surface area contributed by atoms with Gasteiger partial charge in [0, 0.05) is 6.04 Å². The summed E-state index contributed by atoms with van der Waals surface area (Å²) in [5, 5.41) is 2.69. The Morgan fingerprint density at radius 3 is 2.61 bits per heavy atom. The molecule has 146 valence electrons. The van der Waals surface area contributed by atoms with Gasteiger partial charge in [-0.15, -0.1) is 0 Å². The molecule has 1 atom stereocenters. The van der Waals surface area contributed by atoms with E-state index in [4.69, 9.17) is 9.15 Å². The quantitative estimate of drug-likeness (QED) is 0.579. The summed E-state index contributed by atoms with van der Waals surface area (Å²) in [5.41, 5.74) is 0.425. The van der Waals surface area contributed by atoms with Crippen LogP contribution in [0.5, 0.6) is 0 Å². The van der Waals surface area contributed by atoms with Crippen molar-refractivity contribution >= 4 is 23.7 Å². The Balaban J connectivity index is 1.68. The highest BCUT2D eigenvalue weighted by molar-refractivity contribution is 6.21. The number of imide groups is 1. The zero-order valence-electron chi connectivity index (χ0n) is 15.6. The minimum Gasteiger partial charge on any atom is -0.467 e. The van der Waals surface area contributed by atoms with Gasteiger partial charge in [0.15, 0.2) is 6.61 Å². The number of amides is 3. The van der Waals surface area contributed by atoms with Crippen molar-refractivity contribution in [2.75, 3.05) is 6.61 Å². The number of hydrogen-bond acceptors (Lipinski definition) is 6. The van der Waals surface area contributed by atoms with Crippen molar-refractivity contribution in [2.24, 2.45) is 0 Å². The van der Waals surface area contributed by atoms with E-state index in [0.717, 1.165) is 11.3 Å². The number of hydrogen-bond donors (Lipinski definition) is 1. The number of rotatable bonds is 7. The molecule has 3 rings (SSSR count). The molecule has 0 spiro atoms. The van der Waals surface area contributed by atoms with Gasteiger partial charge in [0.05, 0.1) is 29.5 Å². The van der Waals surface area contributed by atoms with Gasteiger partial charge < -0.3 is 14.5 Å². The predicted molar refractivity (Wildman–Crippen MR) is 97.5 cm³/mol. The molecule has 8 heteroatoms. The molecule has 0 unspecified atom stereocenters. The minimum absolute atomic E-state index is 0.00884. The SMILES string of the molecule is CC[C@@H](C)NC(=O)COC(=O)c1ccc2c(c1)C(=O)N(Cc1ccco1)C2=O. The number of nitrogens with zero attached hydrogens (tertiary/aromatic N) is 1. The third kappa shape index (κ3) is 3.95. The minimum atomic E-state index is -0.744. The molecule has 3 amide bonds. The Bertz CT molecular complexity index is 919. The summed E-state index contributed by atoms with van der Waals surface area (Å²) in [5.74, 6) is -1.64. The summed E-state index contributed by atoms with van der Waals surface area (Å²) < 4.78 is 10.2. The Morgan fingerprint density at radius 2 is 1.93 bits per heavy atom. The molecule has 1 aliphatic heterocycles. The van der Waals surface area contributed by atoms with E-state index in [-0.39, 0.29) is 29.3 Å². The van der Waals surface area contributed by atoms with Crippen LogP contribution in [0.25, 0.3) is 0 Å². The summed E-state index contributed by atoms with van der Waals surface area (Å²) in [6, 6.07) is 7.43. The Morgan fingerprint density at radius 1 is 1.18 bits per heavy atom. The van der Waals surface area contributed by atoms with E-state index in [1.54, 1.807) is 12.1 Å². The summed E-state index contributed by atoms with van der Waals surface area (Å²) in [6.07, 6.45) is 2.22. The standard InChI is InChI=1S/C20H20N2O6/c1-3-12(2)21-17(23)11-28-20(26)13-6-7-15-16(9-13)19(25)22(18(15)24)10-14-5-4-8-27-14/h4-9,12H,3,10-11H2,1-2H3,(H,21,23)/t12-/m1/s1. The van der Waals surface area contributed by atoms with Gasteiger partial charge in [-0.25, -0.2) is 4.79 Å². The van der Waals surface area contributed by atoms with Gasteiger partial charge >= 0.3 is 5.97 Å². The van der Waals surface area contributed by atoms with Crippen LogP contribution in [0.3, 0.4) is 0 Å². The maximum Gasteiger partial charge on any atom is 0.338 e. The van der Waals surface area contributed by atoms with Crippen molar-refractivity contribution < 1.29 is 28.3 Å². The van der Waals surface area contributed by atoms with Gasteiger partial charge in [0.2, 0.25) is 0 Å². The zero-order valence-corrected chi connectivity index (χ0v) is 15.6. The van der Waals surface area contributed by atoms with Crippen molar-refractivity contribution in [3.8, 4) is 0 Å². The van der Waals surface area contributed by atoms with Gasteiger partial charge in [-0.3, -0.25) is 19.3 Å². The number of esters is 1. The lowest BCUT2D eigenvalue weighted by Gasteiger charge is -2.11. The molecular formula is C20H20N2O6. The molecular weight excluding hydrogens is 364 g/mol. The monoisotopic (exact) mass is 384 g/mol. The topological polar surface area (TPSA) is 106 Å². The fourth-order valence-electron chi connectivity index (χ4n) is 2.75. The molecule has 0 fully saturated rings. The fourth-order valence-corrected chi connectivity index (χ4v) is 2.75. The van der Waals surface area contributed by atoms with Crippen LogP contribution in [0.4, 0.5) is 0 Å². The summed E-state index contributed by atoms with van der Waals surface area (Å²) in [6.45, 7) is 3.36. The van der Waals surface area contributed by atoms with Crippen LogP contribution in [0.15, 0.2) is 41.0 Å². The van der Waals surface area contributed by atoms with Crippen molar-refractivity contribution in [3.05, 3.63) is 59.0 Å². The van der Waals surface area contributed by atoms with Crippen LogP contribution in [0.2, 0.25) is 0 Å². The lowest BCUT2D eigenvalue weighted by atomic mass is 10.1. The van der Waals surface area contributed by atoms with E-state index in [2.05, 4.69) is 5.32 Å². The van der Waals surface area contributed by atoms with Gasteiger partial charge in [0.1, 0.15) is 5.76 Å². The van der Waals surface area contributed by atoms with E-state index >= 15 is 0 Å². The second-order valence-electron chi connectivity index (χ2n) is 6.49. The molecule has 0 radical (unpaired) electrons. The summed E-state index contributed by atoms with van der Waals surface area (Å²) >= 11 is 0. The number of nitrogens with one attached hydrogen (secondary N) is 1. The third-order valence-corrected chi connectivity index (χ3v) is 4.45. The number of fused-ring (bicyclic) bond motifs is 1. The molecule has 2 heterocycles. The van der Waals surface area contributed by atoms with Gasteiger partial charge in [-0.2, -0.15) is 0 Å². The average molecular weight is 384 g/mol. The summed E-state index contributed by atoms with van der Waals surface area (Å²) in [4.78, 5) is 50.0. The molecule has 2 aromatic rings. The van der Waals surface area contributed by atoms with Crippen LogP contribution in [-0.4, -0.2) is 41.2 Å². The van der Waals surface area contributed by atoms with Crippen molar-refractivity contribution in [1.82, 2.24) is 10.2 Å². The van der Waals surface area contributed by atoms with E-state index in [0.29, 0.717) is 5.76 Å². The molecule has 1 N–H and O–H groups in total. The maximum absolute atomic E-state index is 12.6. The summed E-state index contributed by atoms with van der Waals surface area (Å²) in [7, 11) is 0. The first kappa shape index (κ1) is 19.3. The van der Waals surface area contributed by atoms with Gasteiger partial charge in [0.25, 0.3) is 17.7 Å². The molecule has 8 nitrogen and oxygen atoms in total. The Labute approximate surface area is 161 Å². The van der Waals surface area contributed by atoms with E-state index in [9.17, 15) is 19.2 Å². The molecule has 1 aromatic heterocycles. The zero-order chi connectivity index (χ0) is 20.3. The number of furan rings is 1. The number of ether oxygens (including phenoxy) is 1. The molecule has 0 saturated carbocycles. The van der Waals surface area contributed by atoms with Gasteiger partial charge in [-0.1, -0.05) is 6.92 Å². The first-order chi connectivity index (χ1) is 13.4. The lowest BCUT2D eigenvalue weighted by molar-refractivity contribution is -0.124. The molecule has 0 saturated heterocycles. The van der Waals surface area contributed by atoms with E-state index in [1.807, 2.05) is 13.8 Å². The van der Waals surface area contributed by atoms with Crippen LogP contribution < -0.4 is 5.32 Å². The van der Waals surface area contributed by atoms with Crippen LogP contribution in [0, 0.1) is 0 Å². The average Bonchev–Trinajstić information content (AvgIpc) is 3.29. The fraction of sp³-hybridized carbons (Fsp3) is 0.300. The highest BCUT2D eigenvalue weighted by atomic mass is 16.5. The first-order valence-electron chi connectivity index (χ1n) is 8.89. The Kier molecular flexibility index (Phi) is 5.58. The van der Waals surface area contributed by atoms with E-state index < -0.39 is 30.3 Å². The molecule has 0 aliphatic carbocycles. The predicted octanol–water partition coefficient (Wildman–Crippen LogP) is 2.15. The maximum atomic E-state index is 12.6. The number of carbonyl (C=O) groups is 4. The van der Waals surface area contributed by atoms with Crippen LogP contribution in [0.1, 0.15) is 57.1 Å². The molecule has 1 aliphatic rings. The van der Waals surface area contributed by atoms with Crippen molar-refractivity contribution in [3.63, 3.8) is 0 Å². The molecule has 0 bridgehead atoms. The van der Waals surface area contributed by atoms with Crippen LogP contribution in [-0.2, 0) is 16.1 Å². The van der Waals surface area contributed by atoms with Crippen molar-refractivity contribution in [2.45, 2.75) is 32.9 Å². The Hall–Kier alpha value is -3.42. The molecule has 1 aromatic carbocycles. The normalized spacial score (nSPS) is 14.0. The van der Waals surface area contributed by atoms with Gasteiger partial charge in [-0.05, 0) is 43.7 Å². The molecule has 28 heavy (non-hydrogen) atoms. The lowest BCUT2D eigenvalue weighted by Crippen LogP contribution is -2.35. The number of benzene rings is 1. The van der Waals surface area contributed by atoms with Crippen LogP contribution >= 0.6 is 0 Å². The third-order valence-electron chi connectivity index (χ3n) is 4.45. The van der Waals surface area contributed by atoms with Crippen molar-refractivity contribution in [1.29, 1.82) is 0 Å². The first-order valence-corrected chi connectivity index (χ1v) is 8.89.